The van der Waals surface area contributed by atoms with E-state index in [9.17, 15) is 14.7 Å². The maximum absolute atomic E-state index is 12.8. The summed E-state index contributed by atoms with van der Waals surface area (Å²) in [5.74, 6) is -0.854. The van der Waals surface area contributed by atoms with Crippen molar-refractivity contribution in [2.45, 2.75) is 25.3 Å². The number of carbonyl (C=O) groups is 2. The first-order valence-electron chi connectivity index (χ1n) is 7.38. The van der Waals surface area contributed by atoms with Gasteiger partial charge < -0.3 is 14.7 Å². The van der Waals surface area contributed by atoms with E-state index in [4.69, 9.17) is 4.74 Å². The molecule has 1 atom stereocenters. The van der Waals surface area contributed by atoms with Crippen molar-refractivity contribution < 1.29 is 19.4 Å². The molecule has 5 nitrogen and oxygen atoms in total. The van der Waals surface area contributed by atoms with Crippen LogP contribution in [0.5, 0.6) is 0 Å². The number of ether oxygens (including phenoxy) is 1. The minimum absolute atomic E-state index is 0.0795. The van der Waals surface area contributed by atoms with Crippen molar-refractivity contribution >= 4 is 11.9 Å². The van der Waals surface area contributed by atoms with Crippen LogP contribution in [0.4, 0.5) is 0 Å². The smallest absolute Gasteiger partial charge is 0.336 e. The molecule has 2 fully saturated rings. The second-order valence-electron chi connectivity index (χ2n) is 5.77. The van der Waals surface area contributed by atoms with Crippen molar-refractivity contribution in [1.82, 2.24) is 4.90 Å². The van der Waals surface area contributed by atoms with Crippen LogP contribution in [0, 0.1) is 5.92 Å². The molecule has 1 unspecified atom stereocenters. The molecule has 21 heavy (non-hydrogen) atoms. The topological polar surface area (TPSA) is 66.8 Å². The molecule has 1 aromatic rings. The standard InChI is InChI=1S/C16H19NO4/c18-15(13-3-1-2-4-14(13)16(19)20)17(12-5-6-12)9-11-7-8-21-10-11/h1-4,11-12H,5-10H2,(H,19,20). The Kier molecular flexibility index (Phi) is 3.92. The monoisotopic (exact) mass is 289 g/mol. The molecule has 0 spiro atoms. The van der Waals surface area contributed by atoms with Crippen LogP contribution in [0.1, 0.15) is 40.0 Å². The lowest BCUT2D eigenvalue weighted by molar-refractivity contribution is 0.0659. The molecule has 5 heteroatoms. The fraction of sp³-hybridized carbons (Fsp3) is 0.500. The fourth-order valence-electron chi connectivity index (χ4n) is 2.80. The number of hydrogen-bond acceptors (Lipinski definition) is 3. The number of aromatic carboxylic acids is 1. The highest BCUT2D eigenvalue weighted by Crippen LogP contribution is 2.30. The molecule has 1 aromatic carbocycles. The van der Waals surface area contributed by atoms with E-state index in [1.54, 1.807) is 18.2 Å². The molecule has 1 aliphatic heterocycles. The molecular weight excluding hydrogens is 270 g/mol. The molecule has 1 saturated heterocycles. The van der Waals surface area contributed by atoms with E-state index >= 15 is 0 Å². The average molecular weight is 289 g/mol. The normalized spacial score (nSPS) is 21.2. The molecule has 1 amide bonds. The number of carbonyl (C=O) groups excluding carboxylic acids is 1. The number of carboxylic acid groups (broad SMARTS) is 1. The van der Waals surface area contributed by atoms with E-state index < -0.39 is 5.97 Å². The van der Waals surface area contributed by atoms with E-state index in [2.05, 4.69) is 0 Å². The maximum Gasteiger partial charge on any atom is 0.336 e. The van der Waals surface area contributed by atoms with Crippen molar-refractivity contribution in [3.05, 3.63) is 35.4 Å². The zero-order valence-electron chi connectivity index (χ0n) is 11.8. The lowest BCUT2D eigenvalue weighted by Gasteiger charge is -2.25. The molecule has 1 saturated carbocycles. The van der Waals surface area contributed by atoms with Gasteiger partial charge in [-0.1, -0.05) is 12.1 Å². The summed E-state index contributed by atoms with van der Waals surface area (Å²) in [6.45, 7) is 2.11. The molecule has 3 rings (SSSR count). The van der Waals surface area contributed by atoms with Gasteiger partial charge in [0, 0.05) is 25.1 Å². The molecule has 0 aromatic heterocycles. The summed E-state index contributed by atoms with van der Waals surface area (Å²) in [5, 5.41) is 9.24. The van der Waals surface area contributed by atoms with Crippen LogP contribution in [-0.2, 0) is 4.74 Å². The highest BCUT2D eigenvalue weighted by molar-refractivity contribution is 6.04. The SMILES string of the molecule is O=C(O)c1ccccc1C(=O)N(CC1CCOC1)C1CC1. The molecule has 0 bridgehead atoms. The van der Waals surface area contributed by atoms with Gasteiger partial charge in [0.2, 0.25) is 0 Å². The summed E-state index contributed by atoms with van der Waals surface area (Å²) in [6, 6.07) is 6.71. The molecule has 112 valence electrons. The summed E-state index contributed by atoms with van der Waals surface area (Å²) in [6.07, 6.45) is 2.99. The van der Waals surface area contributed by atoms with Gasteiger partial charge in [-0.2, -0.15) is 0 Å². The van der Waals surface area contributed by atoms with Crippen molar-refractivity contribution in [3.63, 3.8) is 0 Å². The van der Waals surface area contributed by atoms with Gasteiger partial charge >= 0.3 is 5.97 Å². The van der Waals surface area contributed by atoms with Crippen molar-refractivity contribution in [3.8, 4) is 0 Å². The minimum atomic E-state index is -1.06. The van der Waals surface area contributed by atoms with Gasteiger partial charge in [-0.3, -0.25) is 4.79 Å². The van der Waals surface area contributed by atoms with Crippen LogP contribution in [-0.4, -0.2) is 47.7 Å². The first-order valence-corrected chi connectivity index (χ1v) is 7.38. The molecule has 1 heterocycles. The van der Waals surface area contributed by atoms with Crippen LogP contribution >= 0.6 is 0 Å². The number of amides is 1. The third-order valence-electron chi connectivity index (χ3n) is 4.12. The van der Waals surface area contributed by atoms with Gasteiger partial charge in [-0.25, -0.2) is 4.79 Å². The van der Waals surface area contributed by atoms with Gasteiger partial charge in [0.05, 0.1) is 17.7 Å². The number of rotatable bonds is 5. The summed E-state index contributed by atoms with van der Waals surface area (Å²) in [4.78, 5) is 25.9. The Hall–Kier alpha value is -1.88. The van der Waals surface area contributed by atoms with E-state index in [0.717, 1.165) is 25.9 Å². The number of carboxylic acids is 1. The largest absolute Gasteiger partial charge is 0.478 e. The van der Waals surface area contributed by atoms with E-state index in [0.29, 0.717) is 19.1 Å². The molecule has 0 radical (unpaired) electrons. The van der Waals surface area contributed by atoms with E-state index in [1.807, 2.05) is 4.90 Å². The fourth-order valence-corrected chi connectivity index (χ4v) is 2.80. The summed E-state index contributed by atoms with van der Waals surface area (Å²) >= 11 is 0. The number of nitrogens with zero attached hydrogens (tertiary/aromatic N) is 1. The quantitative estimate of drug-likeness (QED) is 0.900. The maximum atomic E-state index is 12.8. The molecule has 1 aliphatic carbocycles. The highest BCUT2D eigenvalue weighted by atomic mass is 16.5. The Labute approximate surface area is 123 Å². The summed E-state index contributed by atoms with van der Waals surface area (Å²) in [5.41, 5.74) is 0.367. The molecule has 2 aliphatic rings. The first-order chi connectivity index (χ1) is 10.2. The summed E-state index contributed by atoms with van der Waals surface area (Å²) < 4.78 is 5.37. The lowest BCUT2D eigenvalue weighted by Crippen LogP contribution is -2.38. The Morgan fingerprint density at radius 2 is 1.90 bits per heavy atom. The molecular formula is C16H19NO4. The van der Waals surface area contributed by atoms with Crippen LogP contribution < -0.4 is 0 Å². The third kappa shape index (κ3) is 3.08. The van der Waals surface area contributed by atoms with Gasteiger partial charge in [-0.05, 0) is 31.4 Å². The van der Waals surface area contributed by atoms with E-state index in [1.165, 1.54) is 6.07 Å². The zero-order chi connectivity index (χ0) is 14.8. The van der Waals surface area contributed by atoms with Crippen LogP contribution in [0.2, 0.25) is 0 Å². The van der Waals surface area contributed by atoms with Crippen LogP contribution in [0.25, 0.3) is 0 Å². The highest BCUT2D eigenvalue weighted by Gasteiger charge is 2.36. The Bertz CT molecular complexity index is 547. The summed E-state index contributed by atoms with van der Waals surface area (Å²) in [7, 11) is 0. The Balaban J connectivity index is 1.82. The first kappa shape index (κ1) is 14.1. The Morgan fingerprint density at radius 3 is 2.48 bits per heavy atom. The van der Waals surface area contributed by atoms with Crippen LogP contribution in [0.15, 0.2) is 24.3 Å². The lowest BCUT2D eigenvalue weighted by atomic mass is 10.0. The van der Waals surface area contributed by atoms with Crippen molar-refractivity contribution in [2.75, 3.05) is 19.8 Å². The van der Waals surface area contributed by atoms with Gasteiger partial charge in [0.25, 0.3) is 5.91 Å². The molecule has 1 N–H and O–H groups in total. The van der Waals surface area contributed by atoms with Crippen molar-refractivity contribution in [2.24, 2.45) is 5.92 Å². The van der Waals surface area contributed by atoms with E-state index in [-0.39, 0.29) is 23.1 Å². The predicted molar refractivity (Wildman–Crippen MR) is 76.4 cm³/mol. The number of hydrogen-bond donors (Lipinski definition) is 1. The number of benzene rings is 1. The van der Waals surface area contributed by atoms with Gasteiger partial charge in [-0.15, -0.1) is 0 Å². The van der Waals surface area contributed by atoms with Gasteiger partial charge in [0.1, 0.15) is 0 Å². The van der Waals surface area contributed by atoms with Gasteiger partial charge in [0.15, 0.2) is 0 Å². The Morgan fingerprint density at radius 1 is 1.19 bits per heavy atom. The second kappa shape index (κ2) is 5.85. The minimum Gasteiger partial charge on any atom is -0.478 e. The third-order valence-corrected chi connectivity index (χ3v) is 4.12. The van der Waals surface area contributed by atoms with Crippen LogP contribution in [0.3, 0.4) is 0 Å². The average Bonchev–Trinajstić information content (AvgIpc) is 3.20. The predicted octanol–water partition coefficient (Wildman–Crippen LogP) is 2.03. The second-order valence-corrected chi connectivity index (χ2v) is 5.77. The zero-order valence-corrected chi connectivity index (χ0v) is 11.8. The van der Waals surface area contributed by atoms with Crippen molar-refractivity contribution in [1.29, 1.82) is 0 Å².